The highest BCUT2D eigenvalue weighted by Crippen LogP contribution is 2.19. The Morgan fingerprint density at radius 1 is 1.26 bits per heavy atom. The molecular formula is C13H12Br2N2O2. The molecule has 0 saturated heterocycles. The molecule has 0 amide bonds. The van der Waals surface area contributed by atoms with Gasteiger partial charge in [0.05, 0.1) is 16.7 Å². The van der Waals surface area contributed by atoms with Gasteiger partial charge >= 0.3 is 0 Å². The molecule has 0 unspecified atom stereocenters. The number of pyridine rings is 1. The van der Waals surface area contributed by atoms with Crippen LogP contribution in [0.4, 0.5) is 5.69 Å². The van der Waals surface area contributed by atoms with Crippen molar-refractivity contribution in [1.29, 1.82) is 0 Å². The third-order valence-corrected chi connectivity index (χ3v) is 3.52. The van der Waals surface area contributed by atoms with Gasteiger partial charge in [-0.3, -0.25) is 4.79 Å². The smallest absolute Gasteiger partial charge is 0.265 e. The molecule has 4 nitrogen and oxygen atoms in total. The maximum Gasteiger partial charge on any atom is 0.265 e. The minimum atomic E-state index is -0.0900. The summed E-state index contributed by atoms with van der Waals surface area (Å²) in [5.74, 6) is 0.629. The van der Waals surface area contributed by atoms with Crippen LogP contribution in [0.1, 0.15) is 0 Å². The highest BCUT2D eigenvalue weighted by molar-refractivity contribution is 9.11. The van der Waals surface area contributed by atoms with E-state index in [0.717, 1.165) is 4.47 Å². The summed E-state index contributed by atoms with van der Waals surface area (Å²) in [6, 6.07) is 8.99. The summed E-state index contributed by atoms with van der Waals surface area (Å²) in [6.07, 6.45) is 1.73. The second kappa shape index (κ2) is 6.25. The van der Waals surface area contributed by atoms with Crippen LogP contribution in [0.25, 0.3) is 0 Å². The summed E-state index contributed by atoms with van der Waals surface area (Å²) in [6.45, 7) is 0.822. The fourth-order valence-electron chi connectivity index (χ4n) is 1.60. The van der Waals surface area contributed by atoms with Gasteiger partial charge in [-0.25, -0.2) is 0 Å². The first-order valence-corrected chi connectivity index (χ1v) is 7.19. The van der Waals surface area contributed by atoms with Crippen molar-refractivity contribution in [3.05, 3.63) is 55.8 Å². The molecule has 2 rings (SSSR count). The second-order valence-electron chi connectivity index (χ2n) is 3.89. The fraction of sp³-hybridized carbons (Fsp3) is 0.154. The van der Waals surface area contributed by atoms with Crippen LogP contribution in [0.2, 0.25) is 0 Å². The molecule has 0 bridgehead atoms. The van der Waals surface area contributed by atoms with Crippen molar-refractivity contribution >= 4 is 37.5 Å². The van der Waals surface area contributed by atoms with Crippen molar-refractivity contribution in [3.8, 4) is 5.75 Å². The number of nitrogens with zero attached hydrogens (tertiary/aromatic N) is 1. The first kappa shape index (κ1) is 14.1. The van der Waals surface area contributed by atoms with Gasteiger partial charge in [-0.2, -0.15) is 0 Å². The van der Waals surface area contributed by atoms with Gasteiger partial charge in [0.15, 0.2) is 0 Å². The second-order valence-corrected chi connectivity index (χ2v) is 5.66. The summed E-state index contributed by atoms with van der Waals surface area (Å²) in [5.41, 5.74) is 6.27. The van der Waals surface area contributed by atoms with Crippen LogP contribution in [-0.4, -0.2) is 11.2 Å². The SMILES string of the molecule is Nc1ccccc1OCCn1cc(Br)cc(Br)c1=O. The normalized spacial score (nSPS) is 10.4. The van der Waals surface area contributed by atoms with Gasteiger partial charge in [0.25, 0.3) is 5.56 Å². The van der Waals surface area contributed by atoms with Crippen LogP contribution in [0.3, 0.4) is 0 Å². The summed E-state index contributed by atoms with van der Waals surface area (Å²) >= 11 is 6.57. The monoisotopic (exact) mass is 386 g/mol. The van der Waals surface area contributed by atoms with E-state index >= 15 is 0 Å². The van der Waals surface area contributed by atoms with E-state index in [1.165, 1.54) is 0 Å². The van der Waals surface area contributed by atoms with Crippen molar-refractivity contribution in [2.24, 2.45) is 0 Å². The van der Waals surface area contributed by atoms with Gasteiger partial charge in [-0.05, 0) is 50.1 Å². The molecule has 6 heteroatoms. The lowest BCUT2D eigenvalue weighted by atomic mass is 10.3. The number of hydrogen-bond acceptors (Lipinski definition) is 3. The molecule has 0 saturated carbocycles. The molecule has 0 radical (unpaired) electrons. The Labute approximate surface area is 127 Å². The van der Waals surface area contributed by atoms with E-state index in [9.17, 15) is 4.79 Å². The lowest BCUT2D eigenvalue weighted by Gasteiger charge is -2.10. The summed E-state index contributed by atoms with van der Waals surface area (Å²) in [4.78, 5) is 11.8. The predicted octanol–water partition coefficient (Wildman–Crippen LogP) is 3.03. The number of rotatable bonds is 4. The lowest BCUT2D eigenvalue weighted by molar-refractivity contribution is 0.297. The van der Waals surface area contributed by atoms with Gasteiger partial charge in [-0.15, -0.1) is 0 Å². The molecule has 0 fully saturated rings. The fourth-order valence-corrected chi connectivity index (χ4v) is 2.85. The number of hydrogen-bond donors (Lipinski definition) is 1. The van der Waals surface area contributed by atoms with Crippen molar-refractivity contribution in [2.45, 2.75) is 6.54 Å². The quantitative estimate of drug-likeness (QED) is 0.820. The Morgan fingerprint density at radius 2 is 2.00 bits per heavy atom. The zero-order valence-electron chi connectivity index (χ0n) is 9.98. The van der Waals surface area contributed by atoms with Gasteiger partial charge in [0.1, 0.15) is 12.4 Å². The summed E-state index contributed by atoms with van der Waals surface area (Å²) < 4.78 is 8.48. The highest BCUT2D eigenvalue weighted by Gasteiger charge is 2.04. The van der Waals surface area contributed by atoms with Crippen LogP contribution in [0.15, 0.2) is 50.3 Å². The van der Waals surface area contributed by atoms with Crippen LogP contribution in [0.5, 0.6) is 5.75 Å². The number of ether oxygens (including phenoxy) is 1. The number of aromatic nitrogens is 1. The van der Waals surface area contributed by atoms with E-state index < -0.39 is 0 Å². The van der Waals surface area contributed by atoms with E-state index in [1.807, 2.05) is 12.1 Å². The molecule has 100 valence electrons. The number of anilines is 1. The molecule has 2 aromatic rings. The Hall–Kier alpha value is -1.27. The average molecular weight is 388 g/mol. The maximum absolute atomic E-state index is 11.8. The molecule has 2 N–H and O–H groups in total. The number of halogens is 2. The molecular weight excluding hydrogens is 376 g/mol. The molecule has 1 aromatic carbocycles. The van der Waals surface area contributed by atoms with Crippen molar-refractivity contribution < 1.29 is 4.74 Å². The molecule has 0 spiro atoms. The highest BCUT2D eigenvalue weighted by atomic mass is 79.9. The Kier molecular flexibility index (Phi) is 4.66. The van der Waals surface area contributed by atoms with Gasteiger partial charge in [0, 0.05) is 10.7 Å². The van der Waals surface area contributed by atoms with Gasteiger partial charge in [-0.1, -0.05) is 12.1 Å². The lowest BCUT2D eigenvalue weighted by Crippen LogP contribution is -2.23. The van der Waals surface area contributed by atoms with E-state index in [4.69, 9.17) is 10.5 Å². The largest absolute Gasteiger partial charge is 0.490 e. The van der Waals surface area contributed by atoms with Crippen LogP contribution in [0, 0.1) is 0 Å². The van der Waals surface area contributed by atoms with E-state index in [0.29, 0.717) is 29.1 Å². The number of para-hydroxylation sites is 2. The molecule has 19 heavy (non-hydrogen) atoms. The zero-order valence-corrected chi connectivity index (χ0v) is 13.1. The first-order valence-electron chi connectivity index (χ1n) is 5.60. The van der Waals surface area contributed by atoms with Crippen molar-refractivity contribution in [3.63, 3.8) is 0 Å². The zero-order chi connectivity index (χ0) is 13.8. The Morgan fingerprint density at radius 3 is 2.74 bits per heavy atom. The predicted molar refractivity (Wildman–Crippen MR) is 82.5 cm³/mol. The van der Waals surface area contributed by atoms with Crippen LogP contribution >= 0.6 is 31.9 Å². The summed E-state index contributed by atoms with van der Waals surface area (Å²) in [7, 11) is 0. The Bertz CT molecular complexity index is 641. The van der Waals surface area contributed by atoms with Crippen LogP contribution < -0.4 is 16.0 Å². The molecule has 0 aliphatic carbocycles. The third kappa shape index (κ3) is 3.61. The van der Waals surface area contributed by atoms with Gasteiger partial charge < -0.3 is 15.0 Å². The van der Waals surface area contributed by atoms with E-state index in [-0.39, 0.29) is 5.56 Å². The first-order chi connectivity index (χ1) is 9.08. The molecule has 1 aromatic heterocycles. The molecule has 1 heterocycles. The molecule has 0 aliphatic heterocycles. The third-order valence-electron chi connectivity index (χ3n) is 2.52. The van der Waals surface area contributed by atoms with E-state index in [1.54, 1.807) is 29.0 Å². The number of nitrogens with two attached hydrogens (primary N) is 1. The Balaban J connectivity index is 2.04. The number of benzene rings is 1. The minimum absolute atomic E-state index is 0.0900. The van der Waals surface area contributed by atoms with Crippen molar-refractivity contribution in [1.82, 2.24) is 4.57 Å². The topological polar surface area (TPSA) is 57.2 Å². The molecule has 0 aliphatic rings. The number of nitrogen functional groups attached to an aromatic ring is 1. The van der Waals surface area contributed by atoms with E-state index in [2.05, 4.69) is 31.9 Å². The minimum Gasteiger partial charge on any atom is -0.490 e. The standard InChI is InChI=1S/C13H12Br2N2O2/c14-9-7-10(15)13(18)17(8-9)5-6-19-12-4-2-1-3-11(12)16/h1-4,7-8H,5-6,16H2. The average Bonchev–Trinajstić information content (AvgIpc) is 2.37. The molecule has 0 atom stereocenters. The van der Waals surface area contributed by atoms with Crippen molar-refractivity contribution in [2.75, 3.05) is 12.3 Å². The summed E-state index contributed by atoms with van der Waals surface area (Å²) in [5, 5.41) is 0. The van der Waals surface area contributed by atoms with Gasteiger partial charge in [0.2, 0.25) is 0 Å². The maximum atomic E-state index is 11.8. The van der Waals surface area contributed by atoms with Crippen LogP contribution in [-0.2, 0) is 6.54 Å².